The van der Waals surface area contributed by atoms with Gasteiger partial charge in [-0.1, -0.05) is 54.6 Å². The van der Waals surface area contributed by atoms with Gasteiger partial charge in [0.1, 0.15) is 6.04 Å². The standard InChI is InChI=1S/C32H35N5O5/c38-29(25-9-6-17-36(21-25)31(41)33-26-10-2-1-3-11-26)35-28(30(39)40)19-22-12-14-27(15-13-22)34-32(42)37-18-16-23-7-4-5-8-24(23)20-37/h1-5,7-8,10-15,25,28H,6,9,16-21H2,(H,33,41)(H,34,42)(H,35,38)(H,39,40)/t25?,28-/m0/s1. The molecule has 1 fully saturated rings. The third kappa shape index (κ3) is 7.25. The summed E-state index contributed by atoms with van der Waals surface area (Å²) in [5, 5.41) is 18.2. The van der Waals surface area contributed by atoms with Gasteiger partial charge < -0.3 is 30.9 Å². The molecule has 10 heteroatoms. The molecule has 3 aromatic rings. The van der Waals surface area contributed by atoms with Gasteiger partial charge in [0.25, 0.3) is 0 Å². The molecular formula is C32H35N5O5. The van der Waals surface area contributed by atoms with Gasteiger partial charge in [-0.05, 0) is 60.2 Å². The summed E-state index contributed by atoms with van der Waals surface area (Å²) >= 11 is 0. The molecular weight excluding hydrogens is 534 g/mol. The van der Waals surface area contributed by atoms with Gasteiger partial charge in [-0.2, -0.15) is 0 Å². The predicted molar refractivity (Wildman–Crippen MR) is 159 cm³/mol. The van der Waals surface area contributed by atoms with Gasteiger partial charge in [-0.25, -0.2) is 14.4 Å². The van der Waals surface area contributed by atoms with Crippen molar-refractivity contribution < 1.29 is 24.3 Å². The Morgan fingerprint density at radius 1 is 0.786 bits per heavy atom. The van der Waals surface area contributed by atoms with Crippen LogP contribution in [0, 0.1) is 5.92 Å². The van der Waals surface area contributed by atoms with Crippen LogP contribution in [-0.4, -0.2) is 64.5 Å². The fourth-order valence-electron chi connectivity index (χ4n) is 5.42. The van der Waals surface area contributed by atoms with E-state index in [1.807, 2.05) is 36.4 Å². The second-order valence-electron chi connectivity index (χ2n) is 10.8. The van der Waals surface area contributed by atoms with Gasteiger partial charge in [-0.15, -0.1) is 0 Å². The van der Waals surface area contributed by atoms with Crippen molar-refractivity contribution in [2.45, 2.75) is 38.3 Å². The maximum atomic E-state index is 13.0. The number of likely N-dealkylation sites (tertiary alicyclic amines) is 1. The zero-order valence-corrected chi connectivity index (χ0v) is 23.3. The Hall–Kier alpha value is -4.86. The normalized spacial score (nSPS) is 17.0. The largest absolute Gasteiger partial charge is 0.480 e. The summed E-state index contributed by atoms with van der Waals surface area (Å²) in [6.07, 6.45) is 2.12. The number of carbonyl (C=O) groups excluding carboxylic acids is 3. The van der Waals surface area contributed by atoms with Crippen molar-refractivity contribution in [3.63, 3.8) is 0 Å². The zero-order valence-electron chi connectivity index (χ0n) is 23.3. The average molecular weight is 570 g/mol. The lowest BCUT2D eigenvalue weighted by Crippen LogP contribution is -2.50. The molecule has 42 heavy (non-hydrogen) atoms. The van der Waals surface area contributed by atoms with Gasteiger partial charge in [-0.3, -0.25) is 4.79 Å². The maximum absolute atomic E-state index is 13.0. The zero-order chi connectivity index (χ0) is 29.5. The summed E-state index contributed by atoms with van der Waals surface area (Å²) in [7, 11) is 0. The molecule has 2 atom stereocenters. The number of carboxylic acid groups (broad SMARTS) is 1. The summed E-state index contributed by atoms with van der Waals surface area (Å²) in [6.45, 7) is 1.93. The van der Waals surface area contributed by atoms with Crippen molar-refractivity contribution in [3.05, 3.63) is 95.6 Å². The molecule has 218 valence electrons. The minimum atomic E-state index is -1.14. The van der Waals surface area contributed by atoms with Crippen LogP contribution in [0.5, 0.6) is 0 Å². The molecule has 5 amide bonds. The Morgan fingerprint density at radius 3 is 2.14 bits per heavy atom. The molecule has 0 aliphatic carbocycles. The Labute approximate surface area is 244 Å². The van der Waals surface area contributed by atoms with Crippen LogP contribution >= 0.6 is 0 Å². The fourth-order valence-corrected chi connectivity index (χ4v) is 5.42. The summed E-state index contributed by atoms with van der Waals surface area (Å²) in [5.74, 6) is -2.02. The maximum Gasteiger partial charge on any atom is 0.326 e. The predicted octanol–water partition coefficient (Wildman–Crippen LogP) is 4.33. The lowest BCUT2D eigenvalue weighted by molar-refractivity contribution is -0.142. The fraction of sp³-hybridized carbons (Fsp3) is 0.312. The van der Waals surface area contributed by atoms with E-state index < -0.39 is 17.9 Å². The Balaban J connectivity index is 1.13. The van der Waals surface area contributed by atoms with Crippen molar-refractivity contribution in [2.24, 2.45) is 5.92 Å². The van der Waals surface area contributed by atoms with Crippen LogP contribution in [0.25, 0.3) is 0 Å². The number of fused-ring (bicyclic) bond motifs is 1. The van der Waals surface area contributed by atoms with Gasteiger partial charge in [0.15, 0.2) is 0 Å². The SMILES string of the molecule is O=C(N[C@@H](Cc1ccc(NC(=O)N2CCc3ccccc3C2)cc1)C(=O)O)C1CCCN(C(=O)Nc2ccccc2)C1. The topological polar surface area (TPSA) is 131 Å². The number of anilines is 2. The Kier molecular flexibility index (Phi) is 9.01. The van der Waals surface area contributed by atoms with Crippen molar-refractivity contribution in [1.29, 1.82) is 0 Å². The number of amides is 5. The summed E-state index contributed by atoms with van der Waals surface area (Å²) in [5.41, 5.74) is 4.39. The first-order valence-corrected chi connectivity index (χ1v) is 14.2. The van der Waals surface area contributed by atoms with Crippen LogP contribution in [0.3, 0.4) is 0 Å². The van der Waals surface area contributed by atoms with Gasteiger partial charge in [0.05, 0.1) is 5.92 Å². The molecule has 0 spiro atoms. The summed E-state index contributed by atoms with van der Waals surface area (Å²) in [4.78, 5) is 53.9. The van der Waals surface area contributed by atoms with Crippen LogP contribution < -0.4 is 16.0 Å². The van der Waals surface area contributed by atoms with Crippen LogP contribution in [0.4, 0.5) is 21.0 Å². The highest BCUT2D eigenvalue weighted by atomic mass is 16.4. The smallest absolute Gasteiger partial charge is 0.326 e. The number of urea groups is 2. The molecule has 4 N–H and O–H groups in total. The number of nitrogens with zero attached hydrogens (tertiary/aromatic N) is 2. The van der Waals surface area contributed by atoms with E-state index >= 15 is 0 Å². The Bertz CT molecular complexity index is 1430. The first-order valence-electron chi connectivity index (χ1n) is 14.2. The van der Waals surface area contributed by atoms with E-state index in [4.69, 9.17) is 0 Å². The van der Waals surface area contributed by atoms with E-state index in [2.05, 4.69) is 22.0 Å². The van der Waals surface area contributed by atoms with E-state index in [1.165, 1.54) is 5.56 Å². The number of hydrogen-bond acceptors (Lipinski definition) is 4. The van der Waals surface area contributed by atoms with Gasteiger partial charge in [0, 0.05) is 44.0 Å². The molecule has 1 unspecified atom stereocenters. The highest BCUT2D eigenvalue weighted by Crippen LogP contribution is 2.21. The molecule has 2 aliphatic rings. The van der Waals surface area contributed by atoms with Crippen LogP contribution in [-0.2, 0) is 29.0 Å². The van der Waals surface area contributed by atoms with Gasteiger partial charge in [0.2, 0.25) is 5.91 Å². The minimum Gasteiger partial charge on any atom is -0.480 e. The molecule has 0 radical (unpaired) electrons. The minimum absolute atomic E-state index is 0.0864. The third-order valence-corrected chi connectivity index (χ3v) is 7.78. The number of aliphatic carboxylic acids is 1. The molecule has 0 saturated carbocycles. The second-order valence-corrected chi connectivity index (χ2v) is 10.8. The van der Waals surface area contributed by atoms with E-state index in [-0.39, 0.29) is 30.9 Å². The molecule has 3 aromatic carbocycles. The molecule has 10 nitrogen and oxygen atoms in total. The van der Waals surface area contributed by atoms with Gasteiger partial charge >= 0.3 is 18.0 Å². The third-order valence-electron chi connectivity index (χ3n) is 7.78. The number of carbonyl (C=O) groups is 4. The number of carboxylic acids is 1. The van der Waals surface area contributed by atoms with Crippen LogP contribution in [0.2, 0.25) is 0 Å². The highest BCUT2D eigenvalue weighted by Gasteiger charge is 2.31. The number of nitrogens with one attached hydrogen (secondary N) is 3. The number of rotatable bonds is 7. The van der Waals surface area contributed by atoms with Crippen molar-refractivity contribution >= 4 is 35.3 Å². The van der Waals surface area contributed by atoms with E-state index in [0.29, 0.717) is 49.4 Å². The lowest BCUT2D eigenvalue weighted by atomic mass is 9.96. The van der Waals surface area contributed by atoms with Crippen molar-refractivity contribution in [2.75, 3.05) is 30.3 Å². The highest BCUT2D eigenvalue weighted by molar-refractivity contribution is 5.91. The first kappa shape index (κ1) is 28.7. The summed E-state index contributed by atoms with van der Waals surface area (Å²) < 4.78 is 0. The van der Waals surface area contributed by atoms with E-state index in [9.17, 15) is 24.3 Å². The monoisotopic (exact) mass is 569 g/mol. The molecule has 5 rings (SSSR count). The molecule has 1 saturated heterocycles. The Morgan fingerprint density at radius 2 is 1.43 bits per heavy atom. The summed E-state index contributed by atoms with van der Waals surface area (Å²) in [6, 6.07) is 22.6. The number of benzene rings is 3. The number of piperidine rings is 1. The average Bonchev–Trinajstić information content (AvgIpc) is 3.01. The molecule has 2 aliphatic heterocycles. The molecule has 0 aromatic heterocycles. The van der Waals surface area contributed by atoms with Crippen LogP contribution in [0.1, 0.15) is 29.5 Å². The van der Waals surface area contributed by atoms with E-state index in [0.717, 1.165) is 12.0 Å². The van der Waals surface area contributed by atoms with Crippen molar-refractivity contribution in [3.8, 4) is 0 Å². The quantitative estimate of drug-likeness (QED) is 0.336. The molecule has 2 heterocycles. The molecule has 0 bridgehead atoms. The first-order chi connectivity index (χ1) is 20.4. The van der Waals surface area contributed by atoms with Crippen LogP contribution in [0.15, 0.2) is 78.9 Å². The van der Waals surface area contributed by atoms with Crippen molar-refractivity contribution in [1.82, 2.24) is 15.1 Å². The lowest BCUT2D eigenvalue weighted by Gasteiger charge is -2.32. The number of hydrogen-bond donors (Lipinski definition) is 4. The second kappa shape index (κ2) is 13.2. The number of para-hydroxylation sites is 1. The van der Waals surface area contributed by atoms with E-state index in [1.54, 1.807) is 46.2 Å².